The van der Waals surface area contributed by atoms with E-state index in [2.05, 4.69) is 20.2 Å². The largest absolute Gasteiger partial charge is 0.366 e. The minimum Gasteiger partial charge on any atom is -0.366 e. The molecule has 0 amide bonds. The Morgan fingerprint density at radius 1 is 0.821 bits per heavy atom. The Morgan fingerprint density at radius 2 is 1.46 bits per heavy atom. The summed E-state index contributed by atoms with van der Waals surface area (Å²) in [5.74, 6) is 0.592. The first kappa shape index (κ1) is 18.2. The molecule has 7 heteroatoms. The van der Waals surface area contributed by atoms with Gasteiger partial charge in [0.1, 0.15) is 17.5 Å². The zero-order chi connectivity index (χ0) is 19.5. The number of hydrogen-bond donors (Lipinski definition) is 1. The van der Waals surface area contributed by atoms with Crippen molar-refractivity contribution in [3.8, 4) is 0 Å². The highest BCUT2D eigenvalue weighted by atomic mass is 19.1. The van der Waals surface area contributed by atoms with Crippen LogP contribution in [0.3, 0.4) is 0 Å². The predicted octanol–water partition coefficient (Wildman–Crippen LogP) is 4.13. The van der Waals surface area contributed by atoms with Crippen LogP contribution in [-0.2, 0) is 0 Å². The average Bonchev–Trinajstić information content (AvgIpc) is 2.70. The minimum absolute atomic E-state index is 0.209. The molecule has 28 heavy (non-hydrogen) atoms. The number of aromatic nitrogens is 2. The van der Waals surface area contributed by atoms with Crippen molar-refractivity contribution in [2.45, 2.75) is 6.92 Å². The first-order valence-electron chi connectivity index (χ1n) is 9.22. The van der Waals surface area contributed by atoms with Gasteiger partial charge < -0.3 is 15.1 Å². The molecule has 1 aromatic heterocycles. The van der Waals surface area contributed by atoms with Gasteiger partial charge in [-0.2, -0.15) is 4.98 Å². The van der Waals surface area contributed by atoms with Crippen molar-refractivity contribution in [2.75, 3.05) is 41.3 Å². The predicted molar refractivity (Wildman–Crippen MR) is 107 cm³/mol. The molecule has 0 spiro atoms. The van der Waals surface area contributed by atoms with E-state index in [9.17, 15) is 8.78 Å². The van der Waals surface area contributed by atoms with Crippen LogP contribution in [-0.4, -0.2) is 36.1 Å². The van der Waals surface area contributed by atoms with Crippen LogP contribution < -0.4 is 15.1 Å². The standard InChI is InChI=1S/C21H21F2N5/c1-15-14-20(25-18-8-4-2-6-16(18)22)26-21(24-15)28-12-10-27(11-13-28)19-9-5-3-7-17(19)23/h2-9,14H,10-13H2,1H3,(H,24,25,26). The van der Waals surface area contributed by atoms with Gasteiger partial charge >= 0.3 is 0 Å². The van der Waals surface area contributed by atoms with Crippen molar-refractivity contribution in [3.63, 3.8) is 0 Å². The van der Waals surface area contributed by atoms with Crippen LogP contribution in [0.15, 0.2) is 54.6 Å². The van der Waals surface area contributed by atoms with Gasteiger partial charge in [-0.25, -0.2) is 13.8 Å². The van der Waals surface area contributed by atoms with Crippen molar-refractivity contribution >= 4 is 23.1 Å². The van der Waals surface area contributed by atoms with Gasteiger partial charge in [-0.1, -0.05) is 24.3 Å². The molecule has 2 heterocycles. The molecule has 5 nitrogen and oxygen atoms in total. The van der Waals surface area contributed by atoms with Crippen LogP contribution in [0.5, 0.6) is 0 Å². The molecular formula is C21H21F2N5. The van der Waals surface area contributed by atoms with Gasteiger partial charge in [-0.15, -0.1) is 0 Å². The molecule has 1 saturated heterocycles. The maximum absolute atomic E-state index is 14.0. The highest BCUT2D eigenvalue weighted by Crippen LogP contribution is 2.24. The van der Waals surface area contributed by atoms with Gasteiger partial charge in [0.2, 0.25) is 5.95 Å². The van der Waals surface area contributed by atoms with E-state index in [1.54, 1.807) is 36.4 Å². The number of benzene rings is 2. The van der Waals surface area contributed by atoms with Crippen LogP contribution in [0.1, 0.15) is 5.69 Å². The van der Waals surface area contributed by atoms with Gasteiger partial charge in [-0.05, 0) is 31.2 Å². The number of aryl methyl sites for hydroxylation is 1. The molecule has 0 radical (unpaired) electrons. The van der Waals surface area contributed by atoms with Gasteiger partial charge in [0.25, 0.3) is 0 Å². The number of piperazine rings is 1. The highest BCUT2D eigenvalue weighted by Gasteiger charge is 2.21. The monoisotopic (exact) mass is 381 g/mol. The second kappa shape index (κ2) is 7.80. The fourth-order valence-electron chi connectivity index (χ4n) is 3.31. The lowest BCUT2D eigenvalue weighted by atomic mass is 10.2. The number of para-hydroxylation sites is 2. The van der Waals surface area contributed by atoms with E-state index in [-0.39, 0.29) is 11.6 Å². The summed E-state index contributed by atoms with van der Waals surface area (Å²) in [6.07, 6.45) is 0. The number of rotatable bonds is 4. The third-order valence-corrected chi connectivity index (χ3v) is 4.73. The molecule has 0 unspecified atom stereocenters. The molecule has 0 saturated carbocycles. The Kier molecular flexibility index (Phi) is 5.06. The van der Waals surface area contributed by atoms with Crippen LogP contribution in [0.25, 0.3) is 0 Å². The van der Waals surface area contributed by atoms with Crippen molar-refractivity contribution in [2.24, 2.45) is 0 Å². The maximum atomic E-state index is 14.0. The summed E-state index contributed by atoms with van der Waals surface area (Å²) in [4.78, 5) is 13.2. The smallest absolute Gasteiger partial charge is 0.227 e. The van der Waals surface area contributed by atoms with E-state index in [0.717, 1.165) is 5.69 Å². The van der Waals surface area contributed by atoms with Gasteiger partial charge in [0, 0.05) is 37.9 Å². The first-order chi connectivity index (χ1) is 13.6. The van der Waals surface area contributed by atoms with Crippen LogP contribution in [0.4, 0.5) is 31.9 Å². The second-order valence-corrected chi connectivity index (χ2v) is 6.72. The van der Waals surface area contributed by atoms with Crippen molar-refractivity contribution < 1.29 is 8.78 Å². The lowest BCUT2D eigenvalue weighted by Gasteiger charge is -2.36. The fraction of sp³-hybridized carbons (Fsp3) is 0.238. The average molecular weight is 381 g/mol. The molecule has 1 aliphatic rings. The maximum Gasteiger partial charge on any atom is 0.227 e. The Hall–Kier alpha value is -3.22. The number of halogens is 2. The van der Waals surface area contributed by atoms with E-state index >= 15 is 0 Å². The summed E-state index contributed by atoms with van der Waals surface area (Å²) < 4.78 is 27.9. The summed E-state index contributed by atoms with van der Waals surface area (Å²) in [6.45, 7) is 4.59. The van der Waals surface area contributed by atoms with Gasteiger partial charge in [0.15, 0.2) is 0 Å². The molecule has 1 aliphatic heterocycles. The summed E-state index contributed by atoms with van der Waals surface area (Å²) in [7, 11) is 0. The molecule has 2 aromatic carbocycles. The minimum atomic E-state index is -0.334. The quantitative estimate of drug-likeness (QED) is 0.736. The topological polar surface area (TPSA) is 44.3 Å². The normalized spacial score (nSPS) is 14.2. The third kappa shape index (κ3) is 3.88. The Bertz CT molecular complexity index is 971. The van der Waals surface area contributed by atoms with Crippen molar-refractivity contribution in [1.29, 1.82) is 0 Å². The first-order valence-corrected chi connectivity index (χ1v) is 9.22. The molecule has 0 bridgehead atoms. The second-order valence-electron chi connectivity index (χ2n) is 6.72. The van der Waals surface area contributed by atoms with Crippen molar-refractivity contribution in [3.05, 3.63) is 71.9 Å². The highest BCUT2D eigenvalue weighted by molar-refractivity contribution is 5.58. The van der Waals surface area contributed by atoms with Crippen LogP contribution in [0, 0.1) is 18.6 Å². The number of nitrogens with zero attached hydrogens (tertiary/aromatic N) is 4. The van der Waals surface area contributed by atoms with E-state index in [0.29, 0.717) is 49.3 Å². The number of nitrogens with one attached hydrogen (secondary N) is 1. The number of anilines is 4. The molecular weight excluding hydrogens is 360 g/mol. The van der Waals surface area contributed by atoms with Crippen LogP contribution >= 0.6 is 0 Å². The molecule has 0 aliphatic carbocycles. The van der Waals surface area contributed by atoms with E-state index in [1.165, 1.54) is 12.1 Å². The molecule has 1 fully saturated rings. The number of hydrogen-bond acceptors (Lipinski definition) is 5. The van der Waals surface area contributed by atoms with E-state index in [4.69, 9.17) is 0 Å². The molecule has 0 atom stereocenters. The van der Waals surface area contributed by atoms with Crippen molar-refractivity contribution in [1.82, 2.24) is 9.97 Å². The Balaban J connectivity index is 1.49. The van der Waals surface area contributed by atoms with Gasteiger partial charge in [-0.3, -0.25) is 0 Å². The summed E-state index contributed by atoms with van der Waals surface area (Å²) in [5.41, 5.74) is 1.78. The molecule has 3 aromatic rings. The zero-order valence-corrected chi connectivity index (χ0v) is 15.6. The molecule has 144 valence electrons. The zero-order valence-electron chi connectivity index (χ0n) is 15.6. The third-order valence-electron chi connectivity index (χ3n) is 4.73. The molecule has 4 rings (SSSR count). The summed E-state index contributed by atoms with van der Waals surface area (Å²) in [5, 5.41) is 3.02. The summed E-state index contributed by atoms with van der Waals surface area (Å²) >= 11 is 0. The van der Waals surface area contributed by atoms with Crippen LogP contribution in [0.2, 0.25) is 0 Å². The summed E-state index contributed by atoms with van der Waals surface area (Å²) in [6, 6.07) is 15.1. The SMILES string of the molecule is Cc1cc(Nc2ccccc2F)nc(N2CCN(c3ccccc3F)CC2)n1. The van der Waals surface area contributed by atoms with E-state index < -0.39 is 0 Å². The Morgan fingerprint density at radius 3 is 2.18 bits per heavy atom. The fourth-order valence-corrected chi connectivity index (χ4v) is 3.31. The Labute approximate surface area is 162 Å². The molecule has 1 N–H and O–H groups in total. The van der Waals surface area contributed by atoms with E-state index in [1.807, 2.05) is 17.9 Å². The lowest BCUT2D eigenvalue weighted by molar-refractivity contribution is 0.594. The lowest BCUT2D eigenvalue weighted by Crippen LogP contribution is -2.47. The van der Waals surface area contributed by atoms with Gasteiger partial charge in [0.05, 0.1) is 11.4 Å².